The van der Waals surface area contributed by atoms with E-state index in [1.54, 1.807) is 6.07 Å². The summed E-state index contributed by atoms with van der Waals surface area (Å²) in [6.07, 6.45) is 0.441. The number of carboxylic acids is 1. The van der Waals surface area contributed by atoms with E-state index in [0.29, 0.717) is 17.0 Å². The van der Waals surface area contributed by atoms with Gasteiger partial charge in [0.05, 0.1) is 0 Å². The third kappa shape index (κ3) is 1.23. The SMILES string of the molecule is CC1=C(C(=O)O)Cc2c(Cl)cccc21. The van der Waals surface area contributed by atoms with Gasteiger partial charge in [-0.3, -0.25) is 0 Å². The fraction of sp³-hybridized carbons (Fsp3) is 0.182. The van der Waals surface area contributed by atoms with E-state index in [4.69, 9.17) is 16.7 Å². The summed E-state index contributed by atoms with van der Waals surface area (Å²) in [6, 6.07) is 5.54. The molecule has 0 aromatic heterocycles. The van der Waals surface area contributed by atoms with Crippen molar-refractivity contribution in [3.8, 4) is 0 Å². The van der Waals surface area contributed by atoms with E-state index >= 15 is 0 Å². The Hall–Kier alpha value is -1.28. The summed E-state index contributed by atoms with van der Waals surface area (Å²) in [5.74, 6) is -0.852. The van der Waals surface area contributed by atoms with Crippen LogP contribution in [0.1, 0.15) is 18.1 Å². The van der Waals surface area contributed by atoms with Crippen LogP contribution in [0, 0.1) is 0 Å². The first-order valence-electron chi connectivity index (χ1n) is 4.32. The molecule has 1 aromatic carbocycles. The average Bonchev–Trinajstić information content (AvgIpc) is 2.46. The molecule has 2 rings (SSSR count). The average molecular weight is 209 g/mol. The van der Waals surface area contributed by atoms with Crippen molar-refractivity contribution < 1.29 is 9.90 Å². The Bertz CT molecular complexity index is 447. The highest BCUT2D eigenvalue weighted by atomic mass is 35.5. The second-order valence-electron chi connectivity index (χ2n) is 3.35. The van der Waals surface area contributed by atoms with Crippen molar-refractivity contribution in [2.45, 2.75) is 13.3 Å². The molecular formula is C11H9ClO2. The number of fused-ring (bicyclic) bond motifs is 1. The van der Waals surface area contributed by atoms with Gasteiger partial charge in [-0.1, -0.05) is 23.7 Å². The molecule has 0 amide bonds. The molecule has 0 unspecified atom stereocenters. The minimum absolute atomic E-state index is 0.441. The smallest absolute Gasteiger partial charge is 0.332 e. The Balaban J connectivity index is 2.58. The predicted molar refractivity (Wildman–Crippen MR) is 55.4 cm³/mol. The number of allylic oxidation sites excluding steroid dienone is 1. The largest absolute Gasteiger partial charge is 0.478 e. The standard InChI is InChI=1S/C11H9ClO2/c1-6-7-3-2-4-10(12)9(7)5-8(6)11(13)14/h2-4H,5H2,1H3,(H,13,14). The number of halogens is 1. The summed E-state index contributed by atoms with van der Waals surface area (Å²) in [6.45, 7) is 1.83. The summed E-state index contributed by atoms with van der Waals surface area (Å²) in [7, 11) is 0. The Kier molecular flexibility index (Phi) is 2.08. The zero-order valence-corrected chi connectivity index (χ0v) is 8.43. The lowest BCUT2D eigenvalue weighted by atomic mass is 10.1. The third-order valence-electron chi connectivity index (χ3n) is 2.59. The lowest BCUT2D eigenvalue weighted by Crippen LogP contribution is -2.00. The Morgan fingerprint density at radius 1 is 1.50 bits per heavy atom. The molecule has 0 fully saturated rings. The number of carbonyl (C=O) groups is 1. The molecule has 0 spiro atoms. The molecule has 2 nitrogen and oxygen atoms in total. The molecule has 14 heavy (non-hydrogen) atoms. The number of aliphatic carboxylic acids is 1. The van der Waals surface area contributed by atoms with Gasteiger partial charge in [0.2, 0.25) is 0 Å². The fourth-order valence-electron chi connectivity index (χ4n) is 1.80. The van der Waals surface area contributed by atoms with Crippen LogP contribution in [0.5, 0.6) is 0 Å². The molecule has 0 saturated carbocycles. The summed E-state index contributed by atoms with van der Waals surface area (Å²) in [4.78, 5) is 10.9. The number of carboxylic acid groups (broad SMARTS) is 1. The minimum atomic E-state index is -0.852. The number of hydrogen-bond donors (Lipinski definition) is 1. The zero-order valence-electron chi connectivity index (χ0n) is 7.67. The Labute approximate surface area is 86.8 Å². The summed E-state index contributed by atoms with van der Waals surface area (Å²) >= 11 is 5.99. The Morgan fingerprint density at radius 3 is 2.79 bits per heavy atom. The van der Waals surface area contributed by atoms with Crippen LogP contribution in [0.2, 0.25) is 5.02 Å². The van der Waals surface area contributed by atoms with E-state index in [0.717, 1.165) is 16.7 Å². The minimum Gasteiger partial charge on any atom is -0.478 e. The normalized spacial score (nSPS) is 14.4. The van der Waals surface area contributed by atoms with E-state index in [2.05, 4.69) is 0 Å². The van der Waals surface area contributed by atoms with E-state index in [-0.39, 0.29) is 0 Å². The van der Waals surface area contributed by atoms with E-state index < -0.39 is 5.97 Å². The monoisotopic (exact) mass is 208 g/mol. The van der Waals surface area contributed by atoms with Crippen LogP contribution in [-0.2, 0) is 11.2 Å². The van der Waals surface area contributed by atoms with E-state index in [1.165, 1.54) is 0 Å². The summed E-state index contributed by atoms with van der Waals surface area (Å²) < 4.78 is 0. The number of hydrogen-bond acceptors (Lipinski definition) is 1. The van der Waals surface area contributed by atoms with E-state index in [9.17, 15) is 4.79 Å². The van der Waals surface area contributed by atoms with Gasteiger partial charge in [0.1, 0.15) is 0 Å². The molecule has 0 bridgehead atoms. The molecule has 0 saturated heterocycles. The highest BCUT2D eigenvalue weighted by Gasteiger charge is 2.24. The Morgan fingerprint density at radius 2 is 2.21 bits per heavy atom. The van der Waals surface area contributed by atoms with Crippen LogP contribution in [0.4, 0.5) is 0 Å². The second-order valence-corrected chi connectivity index (χ2v) is 3.76. The first kappa shape index (κ1) is 9.28. The summed E-state index contributed by atoms with van der Waals surface area (Å²) in [5.41, 5.74) is 3.18. The van der Waals surface area contributed by atoms with Gasteiger partial charge in [-0.25, -0.2) is 4.79 Å². The lowest BCUT2D eigenvalue weighted by molar-refractivity contribution is -0.132. The zero-order chi connectivity index (χ0) is 10.3. The number of benzene rings is 1. The van der Waals surface area contributed by atoms with Crippen LogP contribution in [0.3, 0.4) is 0 Å². The first-order valence-corrected chi connectivity index (χ1v) is 4.70. The number of rotatable bonds is 1. The molecule has 0 radical (unpaired) electrons. The maximum absolute atomic E-state index is 10.9. The molecule has 1 N–H and O–H groups in total. The first-order chi connectivity index (χ1) is 6.61. The van der Waals surface area contributed by atoms with Crippen molar-refractivity contribution in [3.63, 3.8) is 0 Å². The molecule has 0 heterocycles. The maximum Gasteiger partial charge on any atom is 0.332 e. The van der Waals surface area contributed by atoms with Crippen molar-refractivity contribution in [2.24, 2.45) is 0 Å². The molecular weight excluding hydrogens is 200 g/mol. The molecule has 1 aliphatic carbocycles. The third-order valence-corrected chi connectivity index (χ3v) is 2.94. The van der Waals surface area contributed by atoms with Crippen molar-refractivity contribution in [1.29, 1.82) is 0 Å². The highest BCUT2D eigenvalue weighted by Crippen LogP contribution is 2.36. The van der Waals surface area contributed by atoms with Crippen molar-refractivity contribution in [3.05, 3.63) is 39.9 Å². The second kappa shape index (κ2) is 3.14. The molecule has 72 valence electrons. The van der Waals surface area contributed by atoms with Gasteiger partial charge in [0, 0.05) is 17.0 Å². The molecule has 1 aliphatic rings. The quantitative estimate of drug-likeness (QED) is 0.771. The van der Waals surface area contributed by atoms with Gasteiger partial charge < -0.3 is 5.11 Å². The van der Waals surface area contributed by atoms with Gasteiger partial charge in [-0.2, -0.15) is 0 Å². The van der Waals surface area contributed by atoms with Gasteiger partial charge in [0.25, 0.3) is 0 Å². The molecule has 1 aromatic rings. The van der Waals surface area contributed by atoms with Crippen molar-refractivity contribution in [1.82, 2.24) is 0 Å². The topological polar surface area (TPSA) is 37.3 Å². The van der Waals surface area contributed by atoms with Crippen LogP contribution >= 0.6 is 11.6 Å². The van der Waals surface area contributed by atoms with Crippen molar-refractivity contribution >= 4 is 23.1 Å². The molecule has 0 atom stereocenters. The highest BCUT2D eigenvalue weighted by molar-refractivity contribution is 6.32. The molecule has 3 heteroatoms. The predicted octanol–water partition coefficient (Wildman–Crippen LogP) is 2.75. The lowest BCUT2D eigenvalue weighted by Gasteiger charge is -2.01. The van der Waals surface area contributed by atoms with Gasteiger partial charge >= 0.3 is 5.97 Å². The van der Waals surface area contributed by atoms with Crippen molar-refractivity contribution in [2.75, 3.05) is 0 Å². The van der Waals surface area contributed by atoms with E-state index in [1.807, 2.05) is 19.1 Å². The van der Waals surface area contributed by atoms with Crippen LogP contribution in [-0.4, -0.2) is 11.1 Å². The fourth-order valence-corrected chi connectivity index (χ4v) is 2.04. The maximum atomic E-state index is 10.9. The van der Waals surface area contributed by atoms with Crippen LogP contribution < -0.4 is 0 Å². The van der Waals surface area contributed by atoms with Crippen LogP contribution in [0.25, 0.3) is 5.57 Å². The summed E-state index contributed by atoms with van der Waals surface area (Å²) in [5, 5.41) is 9.60. The van der Waals surface area contributed by atoms with Gasteiger partial charge in [0.15, 0.2) is 0 Å². The molecule has 0 aliphatic heterocycles. The van der Waals surface area contributed by atoms with Gasteiger partial charge in [-0.05, 0) is 29.7 Å². The van der Waals surface area contributed by atoms with Gasteiger partial charge in [-0.15, -0.1) is 0 Å². The van der Waals surface area contributed by atoms with Crippen LogP contribution in [0.15, 0.2) is 23.8 Å².